The second kappa shape index (κ2) is 5.52. The molecule has 0 bridgehead atoms. The van der Waals surface area contributed by atoms with E-state index < -0.39 is 0 Å². The number of benzene rings is 3. The van der Waals surface area contributed by atoms with E-state index in [9.17, 15) is 4.79 Å². The highest BCUT2D eigenvalue weighted by Crippen LogP contribution is 2.41. The van der Waals surface area contributed by atoms with E-state index >= 15 is 0 Å². The van der Waals surface area contributed by atoms with Crippen molar-refractivity contribution in [3.8, 4) is 17.2 Å². The van der Waals surface area contributed by atoms with E-state index in [0.29, 0.717) is 36.7 Å². The van der Waals surface area contributed by atoms with Crippen molar-refractivity contribution in [3.05, 3.63) is 65.7 Å². The van der Waals surface area contributed by atoms with Gasteiger partial charge >= 0.3 is 0 Å². The second-order valence-corrected chi connectivity index (χ2v) is 6.30. The molecule has 0 fully saturated rings. The van der Waals surface area contributed by atoms with E-state index in [0.717, 1.165) is 22.1 Å². The third kappa shape index (κ3) is 2.33. The van der Waals surface area contributed by atoms with Gasteiger partial charge in [0.15, 0.2) is 17.3 Å². The smallest absolute Gasteiger partial charge is 0.170 e. The summed E-state index contributed by atoms with van der Waals surface area (Å²) in [5.74, 6) is 2.23. The fourth-order valence-electron chi connectivity index (χ4n) is 3.50. The molecule has 0 N–H and O–H groups in total. The molecule has 0 spiro atoms. The van der Waals surface area contributed by atoms with Crippen LogP contribution in [0.4, 0.5) is 0 Å². The second-order valence-electron chi connectivity index (χ2n) is 6.30. The summed E-state index contributed by atoms with van der Waals surface area (Å²) in [6.45, 7) is 1.10. The summed E-state index contributed by atoms with van der Waals surface area (Å²) in [5.41, 5.74) is 1.59. The van der Waals surface area contributed by atoms with E-state index in [1.165, 1.54) is 0 Å². The van der Waals surface area contributed by atoms with Gasteiger partial charge in [0.1, 0.15) is 25.1 Å². The molecule has 124 valence electrons. The maximum atomic E-state index is 12.7. The first-order valence-corrected chi connectivity index (χ1v) is 8.41. The van der Waals surface area contributed by atoms with Crippen LogP contribution in [0.3, 0.4) is 0 Å². The van der Waals surface area contributed by atoms with Crippen molar-refractivity contribution in [3.63, 3.8) is 0 Å². The molecule has 2 heterocycles. The highest BCUT2D eigenvalue weighted by Gasteiger charge is 2.29. The Kier molecular flexibility index (Phi) is 3.17. The standard InChI is InChI=1S/C21H16O4/c22-17-12-19(14-6-8-18-20(11-14)24-10-9-23-18)25-21-15-4-2-1-3-13(15)5-7-16(17)21/h1-8,11,19H,9-10,12H2/t19-/m1/s1. The summed E-state index contributed by atoms with van der Waals surface area (Å²) < 4.78 is 17.5. The van der Waals surface area contributed by atoms with Gasteiger partial charge in [0.2, 0.25) is 0 Å². The third-order valence-corrected chi connectivity index (χ3v) is 4.75. The molecule has 2 aliphatic rings. The Bertz CT molecular complexity index is 992. The first-order chi connectivity index (χ1) is 12.3. The van der Waals surface area contributed by atoms with E-state index in [2.05, 4.69) is 0 Å². The van der Waals surface area contributed by atoms with Crippen LogP contribution in [0.1, 0.15) is 28.4 Å². The summed E-state index contributed by atoms with van der Waals surface area (Å²) in [5, 5.41) is 2.03. The summed E-state index contributed by atoms with van der Waals surface area (Å²) in [7, 11) is 0. The van der Waals surface area contributed by atoms with Crippen molar-refractivity contribution >= 4 is 16.6 Å². The maximum absolute atomic E-state index is 12.7. The molecule has 0 aromatic heterocycles. The molecule has 0 radical (unpaired) electrons. The molecule has 0 amide bonds. The maximum Gasteiger partial charge on any atom is 0.170 e. The van der Waals surface area contributed by atoms with Crippen molar-refractivity contribution in [2.24, 2.45) is 0 Å². The van der Waals surface area contributed by atoms with Crippen LogP contribution in [-0.2, 0) is 0 Å². The van der Waals surface area contributed by atoms with Gasteiger partial charge in [-0.05, 0) is 29.1 Å². The summed E-state index contributed by atoms with van der Waals surface area (Å²) in [4.78, 5) is 12.7. The molecule has 3 aromatic carbocycles. The van der Waals surface area contributed by atoms with Gasteiger partial charge in [-0.1, -0.05) is 36.4 Å². The molecule has 0 aliphatic carbocycles. The molecular formula is C21H16O4. The lowest BCUT2D eigenvalue weighted by Crippen LogP contribution is -2.21. The molecule has 0 saturated heterocycles. The number of fused-ring (bicyclic) bond motifs is 4. The van der Waals surface area contributed by atoms with E-state index in [4.69, 9.17) is 14.2 Å². The van der Waals surface area contributed by atoms with Crippen LogP contribution in [0.2, 0.25) is 0 Å². The number of carbonyl (C=O) groups is 1. The van der Waals surface area contributed by atoms with Gasteiger partial charge in [-0.2, -0.15) is 0 Å². The van der Waals surface area contributed by atoms with E-state index in [-0.39, 0.29) is 11.9 Å². The van der Waals surface area contributed by atoms with Crippen LogP contribution in [0.15, 0.2) is 54.6 Å². The van der Waals surface area contributed by atoms with Crippen LogP contribution in [0, 0.1) is 0 Å². The minimum Gasteiger partial charge on any atom is -0.486 e. The van der Waals surface area contributed by atoms with Gasteiger partial charge in [0.05, 0.1) is 12.0 Å². The quantitative estimate of drug-likeness (QED) is 0.666. The lowest BCUT2D eigenvalue weighted by Gasteiger charge is -2.27. The predicted molar refractivity (Wildman–Crippen MR) is 93.7 cm³/mol. The molecule has 4 heteroatoms. The molecule has 3 aromatic rings. The zero-order chi connectivity index (χ0) is 16.8. The van der Waals surface area contributed by atoms with Crippen LogP contribution < -0.4 is 14.2 Å². The number of ketones is 1. The molecule has 25 heavy (non-hydrogen) atoms. The van der Waals surface area contributed by atoms with Gasteiger partial charge in [0.25, 0.3) is 0 Å². The fourth-order valence-corrected chi connectivity index (χ4v) is 3.50. The Morgan fingerprint density at radius 1 is 0.880 bits per heavy atom. The Balaban J connectivity index is 1.58. The number of Topliss-reactive ketones (excluding diaryl/α,β-unsaturated/α-hetero) is 1. The number of rotatable bonds is 1. The zero-order valence-electron chi connectivity index (χ0n) is 13.5. The van der Waals surface area contributed by atoms with E-state index in [1.807, 2.05) is 54.6 Å². The number of ether oxygens (including phenoxy) is 3. The molecule has 0 saturated carbocycles. The largest absolute Gasteiger partial charge is 0.486 e. The van der Waals surface area contributed by atoms with Gasteiger partial charge in [-0.3, -0.25) is 4.79 Å². The SMILES string of the molecule is O=C1C[C@H](c2ccc3c(c2)OCCO3)Oc2c1ccc1ccccc21. The van der Waals surface area contributed by atoms with Gasteiger partial charge in [0, 0.05) is 5.39 Å². The Labute approximate surface area is 144 Å². The molecule has 2 aliphatic heterocycles. The van der Waals surface area contributed by atoms with Gasteiger partial charge < -0.3 is 14.2 Å². The topological polar surface area (TPSA) is 44.8 Å². The number of hydrogen-bond donors (Lipinski definition) is 0. The fraction of sp³-hybridized carbons (Fsp3) is 0.190. The van der Waals surface area contributed by atoms with E-state index in [1.54, 1.807) is 0 Å². The molecule has 0 unspecified atom stereocenters. The first-order valence-electron chi connectivity index (χ1n) is 8.41. The van der Waals surface area contributed by atoms with Crippen molar-refractivity contribution in [2.45, 2.75) is 12.5 Å². The lowest BCUT2D eigenvalue weighted by molar-refractivity contribution is 0.0852. The monoisotopic (exact) mass is 332 g/mol. The van der Waals surface area contributed by atoms with Crippen molar-refractivity contribution in [1.29, 1.82) is 0 Å². The van der Waals surface area contributed by atoms with Crippen molar-refractivity contribution < 1.29 is 19.0 Å². The highest BCUT2D eigenvalue weighted by atomic mass is 16.6. The Morgan fingerprint density at radius 3 is 2.64 bits per heavy atom. The van der Waals surface area contributed by atoms with Crippen LogP contribution in [-0.4, -0.2) is 19.0 Å². The van der Waals surface area contributed by atoms with Gasteiger partial charge in [-0.15, -0.1) is 0 Å². The molecule has 4 nitrogen and oxygen atoms in total. The molecule has 1 atom stereocenters. The van der Waals surface area contributed by atoms with Crippen LogP contribution >= 0.6 is 0 Å². The molecular weight excluding hydrogens is 316 g/mol. The number of carbonyl (C=O) groups excluding carboxylic acids is 1. The predicted octanol–water partition coefficient (Wildman–Crippen LogP) is 4.32. The summed E-state index contributed by atoms with van der Waals surface area (Å²) in [6, 6.07) is 17.5. The minimum atomic E-state index is -0.318. The average Bonchev–Trinajstić information content (AvgIpc) is 2.67. The Morgan fingerprint density at radius 2 is 1.72 bits per heavy atom. The van der Waals surface area contributed by atoms with Crippen molar-refractivity contribution in [2.75, 3.05) is 13.2 Å². The zero-order valence-corrected chi connectivity index (χ0v) is 13.5. The molecule has 5 rings (SSSR count). The number of hydrogen-bond acceptors (Lipinski definition) is 4. The highest BCUT2D eigenvalue weighted by molar-refractivity contribution is 6.06. The van der Waals surface area contributed by atoms with Crippen molar-refractivity contribution in [1.82, 2.24) is 0 Å². The normalized spacial score (nSPS) is 18.6. The van der Waals surface area contributed by atoms with Crippen LogP contribution in [0.5, 0.6) is 17.2 Å². The summed E-state index contributed by atoms with van der Waals surface area (Å²) in [6.07, 6.45) is 0.00646. The minimum absolute atomic E-state index is 0.104. The third-order valence-electron chi connectivity index (χ3n) is 4.75. The lowest BCUT2D eigenvalue weighted by atomic mass is 9.93. The Hall–Kier alpha value is -3.01. The average molecular weight is 332 g/mol. The van der Waals surface area contributed by atoms with Gasteiger partial charge in [-0.25, -0.2) is 0 Å². The summed E-state index contributed by atoms with van der Waals surface area (Å²) >= 11 is 0. The van der Waals surface area contributed by atoms with Crippen LogP contribution in [0.25, 0.3) is 10.8 Å². The first kappa shape index (κ1) is 14.3.